The van der Waals surface area contributed by atoms with Crippen molar-refractivity contribution >= 4 is 102 Å². The molecule has 8 amide bonds. The number of nitrogens with zero attached hydrogens (tertiary/aromatic N) is 7. The lowest BCUT2D eigenvalue weighted by atomic mass is 9.39. The summed E-state index contributed by atoms with van der Waals surface area (Å²) in [5.41, 5.74) is 9.78. The molecule has 0 saturated heterocycles. The smallest absolute Gasteiger partial charge is 0.410 e. The summed E-state index contributed by atoms with van der Waals surface area (Å²) in [6.45, 7) is 10.1. The molecular formula is C70H82N12O15S2. The minimum absolute atomic E-state index is 0.0244. The molecule has 8 N–H and O–H groups in total. The number of thiazole rings is 1. The number of fused-ring (bicyclic) bond motifs is 2. The Labute approximate surface area is 576 Å². The first-order valence-electron chi connectivity index (χ1n) is 33.1. The van der Waals surface area contributed by atoms with Crippen molar-refractivity contribution in [2.75, 3.05) is 60.6 Å². The van der Waals surface area contributed by atoms with Gasteiger partial charge in [0.25, 0.3) is 27.8 Å². The summed E-state index contributed by atoms with van der Waals surface area (Å²) in [4.78, 5) is 130. The highest BCUT2D eigenvalue weighted by atomic mass is 32.2. The summed E-state index contributed by atoms with van der Waals surface area (Å²) in [7, 11) is -4.51. The van der Waals surface area contributed by atoms with E-state index in [0.29, 0.717) is 71.4 Å². The zero-order chi connectivity index (χ0) is 70.8. The first kappa shape index (κ1) is 70.9. The van der Waals surface area contributed by atoms with Crippen molar-refractivity contribution in [3.8, 4) is 11.1 Å². The molecule has 4 saturated carbocycles. The number of urea groups is 1. The van der Waals surface area contributed by atoms with Gasteiger partial charge in [-0.15, -0.1) is 0 Å². The maximum atomic E-state index is 13.9. The monoisotopic (exact) mass is 1390 g/mol. The fourth-order valence-electron chi connectivity index (χ4n) is 16.3. The number of benzene rings is 3. The van der Waals surface area contributed by atoms with Crippen LogP contribution in [0.5, 0.6) is 0 Å². The minimum Gasteiger partial charge on any atom is -0.476 e. The zero-order valence-electron chi connectivity index (χ0n) is 55.8. The average molecular weight is 1400 g/mol. The van der Waals surface area contributed by atoms with E-state index in [1.165, 1.54) is 16.2 Å². The number of para-hydroxylation sites is 1. The van der Waals surface area contributed by atoms with Crippen LogP contribution < -0.4 is 31.9 Å². The molecule has 6 aliphatic rings. The maximum absolute atomic E-state index is 13.9. The SMILES string of the molecule is Cc1c(-c2ccc(N3CCc4cccc(C(=O)Nc5nc6ccccc6s5)c4C3)nc2C(=O)O)cnn1CC12CC3(C)CC(C)(C1)CC(OCCN(CCS(=O)(=O)O)C(=O)OCc1ccc(NC(=O)[C@H](CCCNC(N)=O)CC(=O)[C@@H](NC(=O)CN4C(=O)C=CC4=O)C(C)C)cc1)(C3)C2. The number of carbonyl (C=O) groups excluding carboxylic acids is 8. The molecule has 0 spiro atoms. The number of hydrogen-bond acceptors (Lipinski definition) is 18. The van der Waals surface area contributed by atoms with Gasteiger partial charge < -0.3 is 46.1 Å². The van der Waals surface area contributed by atoms with Crippen LogP contribution in [-0.4, -0.2) is 158 Å². The van der Waals surface area contributed by atoms with Crippen LogP contribution >= 0.6 is 11.3 Å². The molecule has 3 aromatic heterocycles. The number of carboxylic acid groups (broad SMARTS) is 1. The second kappa shape index (κ2) is 28.8. The Balaban J connectivity index is 0.716. The second-order valence-electron chi connectivity index (χ2n) is 28.1. The molecule has 0 radical (unpaired) electrons. The first-order chi connectivity index (χ1) is 47.0. The van der Waals surface area contributed by atoms with Crippen molar-refractivity contribution in [2.45, 2.75) is 130 Å². The van der Waals surface area contributed by atoms with Crippen molar-refractivity contribution in [2.24, 2.45) is 33.8 Å². The van der Waals surface area contributed by atoms with E-state index in [1.54, 1.807) is 56.4 Å². The Morgan fingerprint density at radius 2 is 1.58 bits per heavy atom. The molecule has 12 rings (SSSR count). The number of pyridine rings is 1. The molecule has 4 atom stereocenters. The number of amides is 8. The van der Waals surface area contributed by atoms with E-state index >= 15 is 0 Å². The summed E-state index contributed by atoms with van der Waals surface area (Å²) in [5, 5.41) is 27.0. The second-order valence-corrected chi connectivity index (χ2v) is 30.7. The highest BCUT2D eigenvalue weighted by Crippen LogP contribution is 2.72. The van der Waals surface area contributed by atoms with Gasteiger partial charge in [-0.05, 0) is 146 Å². The number of ketones is 1. The number of nitrogens with two attached hydrogens (primary N) is 1. The van der Waals surface area contributed by atoms with Gasteiger partial charge in [0, 0.05) is 91.8 Å². The number of primary amides is 1. The van der Waals surface area contributed by atoms with Crippen LogP contribution in [0.4, 0.5) is 26.2 Å². The van der Waals surface area contributed by atoms with Crippen LogP contribution in [0.2, 0.25) is 0 Å². The quantitative estimate of drug-likeness (QED) is 0.0132. The van der Waals surface area contributed by atoms with E-state index in [2.05, 4.69) is 40.1 Å². The predicted molar refractivity (Wildman–Crippen MR) is 367 cm³/mol. The third kappa shape index (κ3) is 16.7. The Hall–Kier alpha value is -9.45. The molecule has 4 bridgehead atoms. The Kier molecular flexibility index (Phi) is 20.6. The maximum Gasteiger partial charge on any atom is 0.410 e. The molecular weight excluding hydrogens is 1310 g/mol. The zero-order valence-corrected chi connectivity index (χ0v) is 57.5. The Bertz CT molecular complexity index is 4250. The summed E-state index contributed by atoms with van der Waals surface area (Å²) in [6, 6.07) is 21.4. The van der Waals surface area contributed by atoms with Crippen LogP contribution in [-0.2, 0) is 69.7 Å². The normalized spacial score (nSPS) is 21.3. The van der Waals surface area contributed by atoms with E-state index < -0.39 is 99.9 Å². The van der Waals surface area contributed by atoms with Crippen LogP contribution in [0.3, 0.4) is 0 Å². The number of aromatic nitrogens is 4. The molecule has 6 aromatic rings. The standard InChI is InChI=1S/C70H82N12O15S2/c1-42(2)59(77-56(84)33-81-57(85)21-22-58(81)86)53(83)30-46(11-9-24-72-64(71)91)61(87)74-47-17-15-44(16-18-47)34-96-66(92)79(27-29-99(93,94)95)26-28-97-70-38-67(4)35-68(5,39-70)37-69(36-67,40-70)41-82-43(3)50(31-73-82)48-19-20-55(76-60(48)63(89)90)80-25-23-45-10-8-12-49(51(45)32-80)62(88)78-65-75-52-13-6-7-14-54(52)98-65/h6-8,10,12-22,31,42,46,59H,9,11,23-30,32-41H2,1-5H3,(H,74,87)(H,77,84)(H,89,90)(H3,71,72,91)(H,75,78,88)(H,93,94,95)/t46-,59+,67?,68?,69?,70?/m1/s1. The van der Waals surface area contributed by atoms with Gasteiger partial charge in [0.05, 0.1) is 40.4 Å². The van der Waals surface area contributed by atoms with Gasteiger partial charge >= 0.3 is 18.1 Å². The number of hydrogen-bond donors (Lipinski definition) is 7. The lowest BCUT2D eigenvalue weighted by molar-refractivity contribution is -0.248. The van der Waals surface area contributed by atoms with E-state index in [0.717, 1.165) is 76.2 Å². The molecule has 29 heteroatoms. The van der Waals surface area contributed by atoms with Gasteiger partial charge in [-0.2, -0.15) is 13.5 Å². The largest absolute Gasteiger partial charge is 0.476 e. The third-order valence-electron chi connectivity index (χ3n) is 19.6. The molecule has 524 valence electrons. The summed E-state index contributed by atoms with van der Waals surface area (Å²) in [6.07, 6.45) is 8.57. The Morgan fingerprint density at radius 1 is 0.848 bits per heavy atom. The van der Waals surface area contributed by atoms with Crippen molar-refractivity contribution < 1.29 is 70.7 Å². The lowest BCUT2D eigenvalue weighted by Gasteiger charge is -2.69. The molecule has 2 unspecified atom stereocenters. The number of carboxylic acids is 1. The van der Waals surface area contributed by atoms with E-state index in [9.17, 15) is 61.2 Å². The van der Waals surface area contributed by atoms with E-state index in [-0.39, 0.29) is 73.4 Å². The number of Topliss-reactive ketones (excluding diaryl/α,β-unsaturated/α-hetero) is 1. The van der Waals surface area contributed by atoms with Crippen LogP contribution in [0.25, 0.3) is 21.3 Å². The molecule has 2 aliphatic heterocycles. The average Bonchev–Trinajstić information content (AvgIpc) is 0.786. The number of carbonyl (C=O) groups is 9. The van der Waals surface area contributed by atoms with Crippen LogP contribution in [0.15, 0.2) is 97.2 Å². The van der Waals surface area contributed by atoms with Gasteiger partial charge in [0.2, 0.25) is 11.8 Å². The van der Waals surface area contributed by atoms with Crippen molar-refractivity contribution in [3.63, 3.8) is 0 Å². The highest BCUT2D eigenvalue weighted by molar-refractivity contribution is 7.85. The van der Waals surface area contributed by atoms with Crippen molar-refractivity contribution in [3.05, 3.63) is 131 Å². The fourth-order valence-corrected chi connectivity index (χ4v) is 17.6. The molecule has 4 fully saturated rings. The van der Waals surface area contributed by atoms with Gasteiger partial charge in [0.1, 0.15) is 19.0 Å². The summed E-state index contributed by atoms with van der Waals surface area (Å²) >= 11 is 1.40. The van der Waals surface area contributed by atoms with E-state index in [4.69, 9.17) is 25.3 Å². The predicted octanol–water partition coefficient (Wildman–Crippen LogP) is 8.07. The molecule has 4 aliphatic carbocycles. The molecule has 99 heavy (non-hydrogen) atoms. The number of ether oxygens (including phenoxy) is 2. The lowest BCUT2D eigenvalue weighted by Crippen LogP contribution is -2.64. The molecule has 5 heterocycles. The molecule has 3 aromatic carbocycles. The van der Waals surface area contributed by atoms with Gasteiger partial charge in [-0.1, -0.05) is 75.4 Å². The van der Waals surface area contributed by atoms with Crippen LogP contribution in [0.1, 0.15) is 129 Å². The topological polar surface area (TPSA) is 374 Å². The summed E-state index contributed by atoms with van der Waals surface area (Å²) < 4.78 is 49.6. The fraction of sp³-hybridized carbons (Fsp3) is 0.457. The van der Waals surface area contributed by atoms with E-state index in [1.807, 2.05) is 59.0 Å². The van der Waals surface area contributed by atoms with Gasteiger partial charge in [-0.25, -0.2) is 24.4 Å². The molecule has 27 nitrogen and oxygen atoms in total. The number of imide groups is 1. The Morgan fingerprint density at radius 3 is 2.26 bits per heavy atom. The third-order valence-corrected chi connectivity index (χ3v) is 21.2. The van der Waals surface area contributed by atoms with Gasteiger partial charge in [-0.3, -0.25) is 48.2 Å². The highest BCUT2D eigenvalue weighted by Gasteiger charge is 2.66. The number of nitrogens with one attached hydrogen (secondary N) is 4. The van der Waals surface area contributed by atoms with Gasteiger partial charge in [0.15, 0.2) is 16.6 Å². The minimum atomic E-state index is -4.51. The van der Waals surface area contributed by atoms with Crippen molar-refractivity contribution in [1.29, 1.82) is 0 Å². The number of anilines is 3. The summed E-state index contributed by atoms with van der Waals surface area (Å²) in [5.74, 6) is -6.24. The van der Waals surface area contributed by atoms with Crippen LogP contribution in [0, 0.1) is 35.0 Å². The number of rotatable bonds is 29. The first-order valence-corrected chi connectivity index (χ1v) is 35.5. The number of aromatic carboxylic acids is 1. The van der Waals surface area contributed by atoms with Crippen molar-refractivity contribution in [1.82, 2.24) is 40.2 Å².